The summed E-state index contributed by atoms with van der Waals surface area (Å²) in [5, 5.41) is 7.00. The van der Waals surface area contributed by atoms with Gasteiger partial charge in [0.1, 0.15) is 5.75 Å². The molecule has 1 heterocycles. The Morgan fingerprint density at radius 1 is 1.21 bits per heavy atom. The van der Waals surface area contributed by atoms with Crippen molar-refractivity contribution >= 4 is 0 Å². The molecule has 0 amide bonds. The van der Waals surface area contributed by atoms with Gasteiger partial charge in [-0.25, -0.2) is 0 Å². The first-order valence-corrected chi connectivity index (χ1v) is 7.26. The third-order valence-electron chi connectivity index (χ3n) is 3.95. The van der Waals surface area contributed by atoms with Crippen molar-refractivity contribution in [1.82, 2.24) is 10.6 Å². The molecule has 3 nitrogen and oxygen atoms in total. The van der Waals surface area contributed by atoms with E-state index in [1.54, 1.807) is 7.11 Å². The first-order valence-electron chi connectivity index (χ1n) is 7.26. The summed E-state index contributed by atoms with van der Waals surface area (Å²) in [6.45, 7) is 8.66. The van der Waals surface area contributed by atoms with Crippen LogP contribution in [0.3, 0.4) is 0 Å². The molecule has 1 aromatic carbocycles. The monoisotopic (exact) mass is 262 g/mol. The summed E-state index contributed by atoms with van der Waals surface area (Å²) in [5.41, 5.74) is 3.80. The Morgan fingerprint density at radius 3 is 2.42 bits per heavy atom. The minimum Gasteiger partial charge on any atom is -0.496 e. The van der Waals surface area contributed by atoms with E-state index < -0.39 is 0 Å². The molecule has 0 aromatic heterocycles. The molecule has 0 radical (unpaired) electrons. The van der Waals surface area contributed by atoms with Crippen molar-refractivity contribution in [3.8, 4) is 5.75 Å². The van der Waals surface area contributed by atoms with Crippen molar-refractivity contribution in [3.63, 3.8) is 0 Å². The van der Waals surface area contributed by atoms with Gasteiger partial charge in [0, 0.05) is 6.54 Å². The van der Waals surface area contributed by atoms with Crippen LogP contribution >= 0.6 is 0 Å². The van der Waals surface area contributed by atoms with Gasteiger partial charge in [0.25, 0.3) is 0 Å². The summed E-state index contributed by atoms with van der Waals surface area (Å²) in [7, 11) is 1.74. The fraction of sp³-hybridized carbons (Fsp3) is 0.625. The number of rotatable bonds is 5. The molecule has 19 heavy (non-hydrogen) atoms. The second-order valence-corrected chi connectivity index (χ2v) is 5.59. The maximum absolute atomic E-state index is 5.40. The van der Waals surface area contributed by atoms with Gasteiger partial charge in [-0.15, -0.1) is 0 Å². The molecule has 1 aliphatic rings. The van der Waals surface area contributed by atoms with Gasteiger partial charge in [-0.1, -0.05) is 12.1 Å². The van der Waals surface area contributed by atoms with E-state index >= 15 is 0 Å². The predicted molar refractivity (Wildman–Crippen MR) is 79.8 cm³/mol. The summed E-state index contributed by atoms with van der Waals surface area (Å²) in [4.78, 5) is 0. The minimum absolute atomic E-state index is 0.835. The van der Waals surface area contributed by atoms with Crippen LogP contribution in [0.5, 0.6) is 5.75 Å². The predicted octanol–water partition coefficient (Wildman–Crippen LogP) is 2.40. The Labute approximate surface area is 116 Å². The van der Waals surface area contributed by atoms with Crippen LogP contribution in [-0.2, 0) is 6.54 Å². The van der Waals surface area contributed by atoms with E-state index in [2.05, 4.69) is 36.6 Å². The second kappa shape index (κ2) is 6.92. The first-order chi connectivity index (χ1) is 9.20. The largest absolute Gasteiger partial charge is 0.496 e. The van der Waals surface area contributed by atoms with Crippen molar-refractivity contribution in [2.45, 2.75) is 33.2 Å². The fourth-order valence-electron chi connectivity index (χ4n) is 2.97. The third-order valence-corrected chi connectivity index (χ3v) is 3.95. The first kappa shape index (κ1) is 14.4. The Morgan fingerprint density at radius 2 is 1.84 bits per heavy atom. The number of benzene rings is 1. The van der Waals surface area contributed by atoms with Gasteiger partial charge in [0.15, 0.2) is 0 Å². The summed E-state index contributed by atoms with van der Waals surface area (Å²) in [5.74, 6) is 1.85. The highest BCUT2D eigenvalue weighted by Gasteiger charge is 2.12. The van der Waals surface area contributed by atoms with E-state index in [9.17, 15) is 0 Å². The zero-order chi connectivity index (χ0) is 13.7. The quantitative estimate of drug-likeness (QED) is 0.855. The Bertz CT molecular complexity index is 388. The molecule has 1 aromatic rings. The van der Waals surface area contributed by atoms with Gasteiger partial charge >= 0.3 is 0 Å². The number of aryl methyl sites for hydroxylation is 2. The van der Waals surface area contributed by atoms with Gasteiger partial charge in [-0.2, -0.15) is 0 Å². The molecule has 106 valence electrons. The van der Waals surface area contributed by atoms with Crippen LogP contribution in [0.1, 0.15) is 29.5 Å². The van der Waals surface area contributed by atoms with Gasteiger partial charge in [-0.05, 0) is 68.9 Å². The van der Waals surface area contributed by atoms with Crippen molar-refractivity contribution in [2.75, 3.05) is 26.7 Å². The maximum atomic E-state index is 5.40. The maximum Gasteiger partial charge on any atom is 0.124 e. The summed E-state index contributed by atoms with van der Waals surface area (Å²) in [6.07, 6.45) is 2.60. The van der Waals surface area contributed by atoms with Crippen molar-refractivity contribution in [1.29, 1.82) is 0 Å². The highest BCUT2D eigenvalue weighted by Crippen LogP contribution is 2.24. The average Bonchev–Trinajstić information content (AvgIpc) is 2.40. The summed E-state index contributed by atoms with van der Waals surface area (Å²) in [6, 6.07) is 4.45. The SMILES string of the molecule is COc1c(C)cc(CNCC2CCNCC2)cc1C. The molecule has 1 fully saturated rings. The van der Waals surface area contributed by atoms with E-state index in [4.69, 9.17) is 4.74 Å². The number of hydrogen-bond acceptors (Lipinski definition) is 3. The van der Waals surface area contributed by atoms with E-state index in [0.717, 1.165) is 24.8 Å². The van der Waals surface area contributed by atoms with Crippen molar-refractivity contribution < 1.29 is 4.74 Å². The molecule has 3 heteroatoms. The smallest absolute Gasteiger partial charge is 0.124 e. The zero-order valence-corrected chi connectivity index (χ0v) is 12.4. The Kier molecular flexibility index (Phi) is 5.23. The number of methoxy groups -OCH3 is 1. The van der Waals surface area contributed by atoms with Crippen LogP contribution in [0, 0.1) is 19.8 Å². The van der Waals surface area contributed by atoms with Crippen LogP contribution in [0.2, 0.25) is 0 Å². The molecule has 0 aliphatic carbocycles. The molecular formula is C16H26N2O. The Hall–Kier alpha value is -1.06. The van der Waals surface area contributed by atoms with Crippen molar-refractivity contribution in [3.05, 3.63) is 28.8 Å². The molecule has 1 aliphatic heterocycles. The van der Waals surface area contributed by atoms with Crippen molar-refractivity contribution in [2.24, 2.45) is 5.92 Å². The number of hydrogen-bond donors (Lipinski definition) is 2. The topological polar surface area (TPSA) is 33.3 Å². The number of ether oxygens (including phenoxy) is 1. The van der Waals surface area contributed by atoms with Crippen LogP contribution < -0.4 is 15.4 Å². The van der Waals surface area contributed by atoms with Crippen LogP contribution in [0.25, 0.3) is 0 Å². The minimum atomic E-state index is 0.835. The lowest BCUT2D eigenvalue weighted by atomic mass is 9.98. The lowest BCUT2D eigenvalue weighted by Gasteiger charge is -2.23. The third kappa shape index (κ3) is 3.95. The number of piperidine rings is 1. The lowest BCUT2D eigenvalue weighted by Crippen LogP contribution is -2.33. The zero-order valence-electron chi connectivity index (χ0n) is 12.4. The normalized spacial score (nSPS) is 16.6. The van der Waals surface area contributed by atoms with Gasteiger partial charge in [0.2, 0.25) is 0 Å². The van der Waals surface area contributed by atoms with Crippen LogP contribution in [0.15, 0.2) is 12.1 Å². The molecule has 2 rings (SSSR count). The van der Waals surface area contributed by atoms with Gasteiger partial charge in [0.05, 0.1) is 7.11 Å². The standard InChI is InChI=1S/C16H26N2O/c1-12-8-15(9-13(2)16(12)19-3)11-18-10-14-4-6-17-7-5-14/h8-9,14,17-18H,4-7,10-11H2,1-3H3. The van der Waals surface area contributed by atoms with E-state index in [0.29, 0.717) is 0 Å². The highest BCUT2D eigenvalue weighted by molar-refractivity contribution is 5.43. The van der Waals surface area contributed by atoms with Crippen LogP contribution in [-0.4, -0.2) is 26.7 Å². The summed E-state index contributed by atoms with van der Waals surface area (Å²) >= 11 is 0. The van der Waals surface area contributed by atoms with Gasteiger partial charge in [-0.3, -0.25) is 0 Å². The molecule has 2 N–H and O–H groups in total. The van der Waals surface area contributed by atoms with Crippen LogP contribution in [0.4, 0.5) is 0 Å². The lowest BCUT2D eigenvalue weighted by molar-refractivity contribution is 0.356. The molecular weight excluding hydrogens is 236 g/mol. The molecule has 0 atom stereocenters. The highest BCUT2D eigenvalue weighted by atomic mass is 16.5. The number of nitrogens with one attached hydrogen (secondary N) is 2. The molecule has 1 saturated heterocycles. The van der Waals surface area contributed by atoms with E-state index in [-0.39, 0.29) is 0 Å². The second-order valence-electron chi connectivity index (χ2n) is 5.59. The molecule has 0 saturated carbocycles. The molecule has 0 unspecified atom stereocenters. The van der Waals surface area contributed by atoms with Gasteiger partial charge < -0.3 is 15.4 Å². The Balaban J connectivity index is 1.85. The average molecular weight is 262 g/mol. The van der Waals surface area contributed by atoms with E-state index in [1.165, 1.54) is 42.6 Å². The molecule has 0 spiro atoms. The fourth-order valence-corrected chi connectivity index (χ4v) is 2.97. The molecule has 0 bridgehead atoms. The van der Waals surface area contributed by atoms with E-state index in [1.807, 2.05) is 0 Å². The summed E-state index contributed by atoms with van der Waals surface area (Å²) < 4.78 is 5.40.